The third-order valence-corrected chi connectivity index (χ3v) is 5.58. The standard InChI is InChI=1S/C22H30FNO4/c1-2-27-22-18(8-5-13-25)19(15-9-11-16(23)12-10-15)14-20(28-22)21(26)24-17-6-3-4-7-17/h9-12,14,17-19,22,25H,2-8,13H2,1H3,(H,24,26)/t18-,19-,22-/m1/s1. The van der Waals surface area contributed by atoms with Crippen molar-refractivity contribution in [2.24, 2.45) is 5.92 Å². The van der Waals surface area contributed by atoms with Crippen LogP contribution in [0.5, 0.6) is 0 Å². The van der Waals surface area contributed by atoms with Crippen molar-refractivity contribution in [1.29, 1.82) is 0 Å². The van der Waals surface area contributed by atoms with Crippen molar-refractivity contribution in [3.63, 3.8) is 0 Å². The molecule has 28 heavy (non-hydrogen) atoms. The summed E-state index contributed by atoms with van der Waals surface area (Å²) in [6.07, 6.45) is 6.78. The van der Waals surface area contributed by atoms with Gasteiger partial charge in [-0.25, -0.2) is 4.39 Å². The van der Waals surface area contributed by atoms with E-state index in [4.69, 9.17) is 9.47 Å². The van der Waals surface area contributed by atoms with E-state index in [0.29, 0.717) is 19.4 Å². The van der Waals surface area contributed by atoms with Gasteiger partial charge in [-0.15, -0.1) is 0 Å². The fraction of sp³-hybridized carbons (Fsp3) is 0.591. The number of allylic oxidation sites excluding steroid dienone is 1. The summed E-state index contributed by atoms with van der Waals surface area (Å²) < 4.78 is 25.2. The Balaban J connectivity index is 1.87. The highest BCUT2D eigenvalue weighted by atomic mass is 19.1. The van der Waals surface area contributed by atoms with Crippen LogP contribution < -0.4 is 5.32 Å². The van der Waals surface area contributed by atoms with Gasteiger partial charge in [0.15, 0.2) is 5.76 Å². The van der Waals surface area contributed by atoms with E-state index in [0.717, 1.165) is 31.2 Å². The van der Waals surface area contributed by atoms with E-state index in [1.54, 1.807) is 12.1 Å². The van der Waals surface area contributed by atoms with E-state index >= 15 is 0 Å². The van der Waals surface area contributed by atoms with E-state index in [1.165, 1.54) is 12.1 Å². The minimum atomic E-state index is -0.582. The van der Waals surface area contributed by atoms with Crippen molar-refractivity contribution in [1.82, 2.24) is 5.32 Å². The highest BCUT2D eigenvalue weighted by Crippen LogP contribution is 2.39. The maximum absolute atomic E-state index is 13.4. The Bertz CT molecular complexity index is 670. The summed E-state index contributed by atoms with van der Waals surface area (Å²) in [6, 6.07) is 6.52. The van der Waals surface area contributed by atoms with Crippen LogP contribution in [-0.2, 0) is 14.3 Å². The van der Waals surface area contributed by atoms with Crippen LogP contribution in [0.3, 0.4) is 0 Å². The molecule has 154 valence electrons. The normalized spacial score (nSPS) is 25.2. The smallest absolute Gasteiger partial charge is 0.286 e. The number of hydrogen-bond donors (Lipinski definition) is 2. The molecule has 0 saturated heterocycles. The van der Waals surface area contributed by atoms with Crippen LogP contribution in [0.4, 0.5) is 4.39 Å². The summed E-state index contributed by atoms with van der Waals surface area (Å²) >= 11 is 0. The van der Waals surface area contributed by atoms with Crippen LogP contribution in [0.25, 0.3) is 0 Å². The molecular formula is C22H30FNO4. The Morgan fingerprint density at radius 3 is 2.64 bits per heavy atom. The number of halogens is 1. The molecule has 1 heterocycles. The first kappa shape index (κ1) is 20.8. The SMILES string of the molecule is CCO[C@@H]1OC(C(=O)NC2CCCC2)=C[C@H](c2ccc(F)cc2)[C@H]1CCCO. The molecule has 1 amide bonds. The zero-order valence-corrected chi connectivity index (χ0v) is 16.4. The molecule has 0 aromatic heterocycles. The molecule has 0 spiro atoms. The molecule has 3 rings (SSSR count). The van der Waals surface area contributed by atoms with Gasteiger partial charge in [0.2, 0.25) is 6.29 Å². The zero-order chi connectivity index (χ0) is 19.9. The number of ether oxygens (including phenoxy) is 2. The van der Waals surface area contributed by atoms with Crippen molar-refractivity contribution < 1.29 is 23.8 Å². The summed E-state index contributed by atoms with van der Waals surface area (Å²) in [7, 11) is 0. The maximum atomic E-state index is 13.4. The Labute approximate surface area is 165 Å². The first-order chi connectivity index (χ1) is 13.6. The third kappa shape index (κ3) is 5.11. The largest absolute Gasteiger partial charge is 0.459 e. The lowest BCUT2D eigenvalue weighted by Gasteiger charge is -2.37. The minimum absolute atomic E-state index is 0.0689. The molecule has 6 heteroatoms. The van der Waals surface area contributed by atoms with E-state index in [9.17, 15) is 14.3 Å². The lowest BCUT2D eigenvalue weighted by molar-refractivity contribution is -0.166. The molecule has 1 fully saturated rings. The average molecular weight is 391 g/mol. The van der Waals surface area contributed by atoms with Crippen molar-refractivity contribution in [2.75, 3.05) is 13.2 Å². The molecule has 1 aliphatic heterocycles. The lowest BCUT2D eigenvalue weighted by Crippen LogP contribution is -2.41. The number of carbonyl (C=O) groups is 1. The summed E-state index contributed by atoms with van der Waals surface area (Å²) in [5.41, 5.74) is 0.906. The molecule has 0 bridgehead atoms. The van der Waals surface area contributed by atoms with Gasteiger partial charge in [-0.3, -0.25) is 4.79 Å². The van der Waals surface area contributed by atoms with Gasteiger partial charge < -0.3 is 19.9 Å². The molecule has 5 nitrogen and oxygen atoms in total. The topological polar surface area (TPSA) is 67.8 Å². The van der Waals surface area contributed by atoms with Crippen LogP contribution in [0.2, 0.25) is 0 Å². The Hall–Kier alpha value is -1.92. The second-order valence-corrected chi connectivity index (χ2v) is 7.53. The van der Waals surface area contributed by atoms with E-state index in [2.05, 4.69) is 5.32 Å². The van der Waals surface area contributed by atoms with Gasteiger partial charge in [0, 0.05) is 31.1 Å². The third-order valence-electron chi connectivity index (χ3n) is 5.58. The van der Waals surface area contributed by atoms with Crippen LogP contribution in [-0.4, -0.2) is 36.6 Å². The number of amides is 1. The van der Waals surface area contributed by atoms with Crippen molar-refractivity contribution >= 4 is 5.91 Å². The quantitative estimate of drug-likeness (QED) is 0.710. The molecule has 1 aromatic carbocycles. The van der Waals surface area contributed by atoms with Gasteiger partial charge in [0.25, 0.3) is 5.91 Å². The van der Waals surface area contributed by atoms with Gasteiger partial charge >= 0.3 is 0 Å². The number of hydrogen-bond acceptors (Lipinski definition) is 4. The number of nitrogens with one attached hydrogen (secondary N) is 1. The number of rotatable bonds is 8. The molecule has 0 radical (unpaired) electrons. The number of aliphatic hydroxyl groups is 1. The first-order valence-corrected chi connectivity index (χ1v) is 10.3. The van der Waals surface area contributed by atoms with E-state index in [1.807, 2.05) is 13.0 Å². The number of aliphatic hydroxyl groups excluding tert-OH is 1. The highest BCUT2D eigenvalue weighted by Gasteiger charge is 2.38. The van der Waals surface area contributed by atoms with Gasteiger partial charge in [0.1, 0.15) is 5.82 Å². The molecule has 1 aliphatic carbocycles. The minimum Gasteiger partial charge on any atom is -0.459 e. The Morgan fingerprint density at radius 1 is 1.29 bits per heavy atom. The van der Waals surface area contributed by atoms with Crippen LogP contribution >= 0.6 is 0 Å². The van der Waals surface area contributed by atoms with Crippen LogP contribution in [0, 0.1) is 11.7 Å². The summed E-state index contributed by atoms with van der Waals surface area (Å²) in [4.78, 5) is 12.8. The highest BCUT2D eigenvalue weighted by molar-refractivity contribution is 5.92. The second kappa shape index (κ2) is 10.0. The number of carbonyl (C=O) groups excluding carboxylic acids is 1. The molecular weight excluding hydrogens is 361 g/mol. The van der Waals surface area contributed by atoms with E-state index in [-0.39, 0.29) is 42.0 Å². The van der Waals surface area contributed by atoms with Gasteiger partial charge in [-0.2, -0.15) is 0 Å². The fourth-order valence-corrected chi connectivity index (χ4v) is 4.16. The van der Waals surface area contributed by atoms with Gasteiger partial charge in [-0.1, -0.05) is 25.0 Å². The molecule has 2 N–H and O–H groups in total. The number of benzene rings is 1. The first-order valence-electron chi connectivity index (χ1n) is 10.3. The monoisotopic (exact) mass is 391 g/mol. The average Bonchev–Trinajstić information content (AvgIpc) is 3.20. The maximum Gasteiger partial charge on any atom is 0.286 e. The Kier molecular flexibility index (Phi) is 7.45. The molecule has 3 atom stereocenters. The molecule has 0 unspecified atom stereocenters. The second-order valence-electron chi connectivity index (χ2n) is 7.53. The predicted octanol–water partition coefficient (Wildman–Crippen LogP) is 3.63. The summed E-state index contributed by atoms with van der Waals surface area (Å²) in [5, 5.41) is 12.4. The zero-order valence-electron chi connectivity index (χ0n) is 16.4. The summed E-state index contributed by atoms with van der Waals surface area (Å²) in [5.74, 6) is -0.473. The van der Waals surface area contributed by atoms with E-state index < -0.39 is 6.29 Å². The summed E-state index contributed by atoms with van der Waals surface area (Å²) in [6.45, 7) is 2.41. The predicted molar refractivity (Wildman–Crippen MR) is 104 cm³/mol. The fourth-order valence-electron chi connectivity index (χ4n) is 4.16. The Morgan fingerprint density at radius 2 is 2.00 bits per heavy atom. The van der Waals surface area contributed by atoms with Gasteiger partial charge in [-0.05, 0) is 56.4 Å². The molecule has 1 saturated carbocycles. The van der Waals surface area contributed by atoms with Crippen LogP contribution in [0.15, 0.2) is 36.1 Å². The molecule has 2 aliphatic rings. The van der Waals surface area contributed by atoms with Gasteiger partial charge in [0.05, 0.1) is 0 Å². The van der Waals surface area contributed by atoms with Crippen LogP contribution in [0.1, 0.15) is 56.9 Å². The van der Waals surface area contributed by atoms with Crippen molar-refractivity contribution in [2.45, 2.75) is 63.7 Å². The lowest BCUT2D eigenvalue weighted by atomic mass is 9.80. The van der Waals surface area contributed by atoms with Crippen molar-refractivity contribution in [3.8, 4) is 0 Å². The molecule has 1 aromatic rings. The van der Waals surface area contributed by atoms with Crippen molar-refractivity contribution in [3.05, 3.63) is 47.5 Å².